The Morgan fingerprint density at radius 3 is 2.59 bits per heavy atom. The smallest absolute Gasteiger partial charge is 0.243 e. The Hall–Kier alpha value is -2.45. The van der Waals surface area contributed by atoms with Gasteiger partial charge in [0.15, 0.2) is 0 Å². The van der Waals surface area contributed by atoms with E-state index in [1.807, 2.05) is 6.92 Å². The number of amides is 1. The van der Waals surface area contributed by atoms with E-state index >= 15 is 0 Å². The Kier molecular flexibility index (Phi) is 5.48. The van der Waals surface area contributed by atoms with Crippen LogP contribution in [-0.4, -0.2) is 36.8 Å². The highest BCUT2D eigenvalue weighted by molar-refractivity contribution is 7.89. The molecule has 0 spiro atoms. The highest BCUT2D eigenvalue weighted by Crippen LogP contribution is 2.28. The third-order valence-corrected chi connectivity index (χ3v) is 6.50. The van der Waals surface area contributed by atoms with Gasteiger partial charge in [-0.1, -0.05) is 6.07 Å². The van der Waals surface area contributed by atoms with Gasteiger partial charge in [0.05, 0.1) is 16.5 Å². The summed E-state index contributed by atoms with van der Waals surface area (Å²) in [4.78, 5) is 12.6. The molecular weight excluding hydrogens is 371 g/mol. The largest absolute Gasteiger partial charge is 0.506 e. The summed E-state index contributed by atoms with van der Waals surface area (Å²) in [5.74, 6) is -1.42. The summed E-state index contributed by atoms with van der Waals surface area (Å²) in [6, 6.07) is 9.56. The maximum Gasteiger partial charge on any atom is 0.243 e. The number of carbonyl (C=O) groups is 1. The van der Waals surface area contributed by atoms with Crippen molar-refractivity contribution in [2.45, 2.75) is 24.7 Å². The minimum atomic E-state index is -3.79. The van der Waals surface area contributed by atoms with E-state index in [4.69, 9.17) is 0 Å². The summed E-state index contributed by atoms with van der Waals surface area (Å²) in [6.07, 6.45) is 1.09. The van der Waals surface area contributed by atoms with Crippen molar-refractivity contribution in [1.29, 1.82) is 0 Å². The van der Waals surface area contributed by atoms with Crippen molar-refractivity contribution in [2.75, 3.05) is 18.4 Å². The number of rotatable bonds is 4. The molecule has 2 N–H and O–H groups in total. The van der Waals surface area contributed by atoms with Gasteiger partial charge >= 0.3 is 0 Å². The predicted molar refractivity (Wildman–Crippen MR) is 99.4 cm³/mol. The standard InChI is InChI=1S/C19H21FN2O4S/c1-13-4-9-17(18(23)11-13)21-19(24)14-3-2-10-22(12-14)27(25,26)16-7-5-15(20)6-8-16/h4-9,11,14,23H,2-3,10,12H2,1H3,(H,21,24)/t14-/m0/s1. The number of phenols is 1. The Labute approximate surface area is 157 Å². The molecule has 8 heteroatoms. The van der Waals surface area contributed by atoms with Crippen molar-refractivity contribution in [2.24, 2.45) is 5.92 Å². The molecule has 0 aliphatic carbocycles. The first-order valence-electron chi connectivity index (χ1n) is 8.63. The summed E-state index contributed by atoms with van der Waals surface area (Å²) in [7, 11) is -3.79. The molecule has 2 aromatic carbocycles. The Bertz CT molecular complexity index is 945. The molecule has 6 nitrogen and oxygen atoms in total. The highest BCUT2D eigenvalue weighted by atomic mass is 32.2. The quantitative estimate of drug-likeness (QED) is 0.784. The molecule has 27 heavy (non-hydrogen) atoms. The van der Waals surface area contributed by atoms with Gasteiger partial charge in [0.25, 0.3) is 0 Å². The molecule has 1 aliphatic rings. The van der Waals surface area contributed by atoms with Crippen molar-refractivity contribution < 1.29 is 22.7 Å². The van der Waals surface area contributed by atoms with Gasteiger partial charge < -0.3 is 10.4 Å². The Morgan fingerprint density at radius 1 is 1.22 bits per heavy atom. The fourth-order valence-electron chi connectivity index (χ4n) is 3.11. The lowest BCUT2D eigenvalue weighted by molar-refractivity contribution is -0.120. The second-order valence-electron chi connectivity index (χ2n) is 6.67. The van der Waals surface area contributed by atoms with Gasteiger partial charge in [-0.05, 0) is 61.7 Å². The number of carbonyl (C=O) groups excluding carboxylic acids is 1. The van der Waals surface area contributed by atoms with Crippen LogP contribution in [-0.2, 0) is 14.8 Å². The van der Waals surface area contributed by atoms with E-state index < -0.39 is 21.8 Å². The number of hydrogen-bond donors (Lipinski definition) is 2. The summed E-state index contributed by atoms with van der Waals surface area (Å²) >= 11 is 0. The average Bonchev–Trinajstić information content (AvgIpc) is 2.64. The molecule has 1 amide bonds. The van der Waals surface area contributed by atoms with Gasteiger partial charge in [0, 0.05) is 13.1 Å². The van der Waals surface area contributed by atoms with E-state index in [0.29, 0.717) is 25.1 Å². The molecule has 1 heterocycles. The summed E-state index contributed by atoms with van der Waals surface area (Å²) in [6.45, 7) is 2.17. The van der Waals surface area contributed by atoms with Gasteiger partial charge in [-0.3, -0.25) is 4.79 Å². The van der Waals surface area contributed by atoms with Crippen LogP contribution >= 0.6 is 0 Å². The molecule has 144 valence electrons. The van der Waals surface area contributed by atoms with Gasteiger partial charge in [-0.15, -0.1) is 0 Å². The Balaban J connectivity index is 1.73. The molecule has 3 rings (SSSR count). The molecule has 2 aromatic rings. The number of anilines is 1. The fraction of sp³-hybridized carbons (Fsp3) is 0.316. The van der Waals surface area contributed by atoms with Crippen LogP contribution in [0, 0.1) is 18.7 Å². The van der Waals surface area contributed by atoms with Gasteiger partial charge in [0.2, 0.25) is 15.9 Å². The van der Waals surface area contributed by atoms with Crippen LogP contribution < -0.4 is 5.32 Å². The first kappa shape index (κ1) is 19.3. The number of aromatic hydroxyl groups is 1. The van der Waals surface area contributed by atoms with E-state index in [2.05, 4.69) is 5.32 Å². The van der Waals surface area contributed by atoms with Crippen molar-refractivity contribution in [1.82, 2.24) is 4.31 Å². The molecule has 0 saturated carbocycles. The first-order valence-corrected chi connectivity index (χ1v) is 10.1. The lowest BCUT2D eigenvalue weighted by atomic mass is 9.98. The van der Waals surface area contributed by atoms with E-state index in [-0.39, 0.29) is 23.1 Å². The molecule has 0 aromatic heterocycles. The lowest BCUT2D eigenvalue weighted by Gasteiger charge is -2.31. The maximum absolute atomic E-state index is 13.1. The zero-order valence-electron chi connectivity index (χ0n) is 14.9. The van der Waals surface area contributed by atoms with E-state index in [9.17, 15) is 22.7 Å². The zero-order chi connectivity index (χ0) is 19.6. The van der Waals surface area contributed by atoms with Gasteiger partial charge in [-0.25, -0.2) is 12.8 Å². The first-order chi connectivity index (χ1) is 12.8. The van der Waals surface area contributed by atoms with E-state index in [0.717, 1.165) is 17.7 Å². The number of nitrogens with zero attached hydrogens (tertiary/aromatic N) is 1. The molecule has 1 saturated heterocycles. The van der Waals surface area contributed by atoms with Crippen LogP contribution in [0.1, 0.15) is 18.4 Å². The topological polar surface area (TPSA) is 86.7 Å². The zero-order valence-corrected chi connectivity index (χ0v) is 15.7. The number of phenolic OH excluding ortho intramolecular Hbond substituents is 1. The van der Waals surface area contributed by atoms with Crippen LogP contribution in [0.3, 0.4) is 0 Å². The molecule has 0 unspecified atom stereocenters. The SMILES string of the molecule is Cc1ccc(NC(=O)[C@H]2CCCN(S(=O)(=O)c3ccc(F)cc3)C2)c(O)c1. The number of nitrogens with one attached hydrogen (secondary N) is 1. The number of hydrogen-bond acceptors (Lipinski definition) is 4. The predicted octanol–water partition coefficient (Wildman–Crippen LogP) is 2.88. The molecule has 1 atom stereocenters. The minimum absolute atomic E-state index is 0.00105. The van der Waals surface area contributed by atoms with Crippen LogP contribution in [0.15, 0.2) is 47.4 Å². The van der Waals surface area contributed by atoms with Crippen LogP contribution in [0.5, 0.6) is 5.75 Å². The summed E-state index contributed by atoms with van der Waals surface area (Å²) in [5.41, 5.74) is 1.16. The van der Waals surface area contributed by atoms with Crippen molar-refractivity contribution in [3.05, 3.63) is 53.8 Å². The number of piperidine rings is 1. The summed E-state index contributed by atoms with van der Waals surface area (Å²) in [5, 5.41) is 12.6. The highest BCUT2D eigenvalue weighted by Gasteiger charge is 2.33. The monoisotopic (exact) mass is 392 g/mol. The van der Waals surface area contributed by atoms with Crippen molar-refractivity contribution >= 4 is 21.6 Å². The maximum atomic E-state index is 13.1. The van der Waals surface area contributed by atoms with Crippen LogP contribution in [0.2, 0.25) is 0 Å². The van der Waals surface area contributed by atoms with E-state index in [1.54, 1.807) is 18.2 Å². The average molecular weight is 392 g/mol. The second kappa shape index (κ2) is 7.66. The van der Waals surface area contributed by atoms with Crippen LogP contribution in [0.4, 0.5) is 10.1 Å². The fourth-order valence-corrected chi connectivity index (χ4v) is 4.64. The second-order valence-corrected chi connectivity index (χ2v) is 8.60. The Morgan fingerprint density at radius 2 is 1.93 bits per heavy atom. The lowest BCUT2D eigenvalue weighted by Crippen LogP contribution is -2.43. The number of aryl methyl sites for hydroxylation is 1. The van der Waals surface area contributed by atoms with Crippen molar-refractivity contribution in [3.63, 3.8) is 0 Å². The number of halogens is 1. The minimum Gasteiger partial charge on any atom is -0.506 e. The third kappa shape index (κ3) is 4.28. The molecule has 1 aliphatic heterocycles. The third-order valence-electron chi connectivity index (χ3n) is 4.62. The number of benzene rings is 2. The molecule has 0 radical (unpaired) electrons. The number of sulfonamides is 1. The van der Waals surface area contributed by atoms with Gasteiger partial charge in [0.1, 0.15) is 11.6 Å². The van der Waals surface area contributed by atoms with Crippen molar-refractivity contribution in [3.8, 4) is 5.75 Å². The molecular formula is C19H21FN2O4S. The molecule has 0 bridgehead atoms. The normalized spacial score (nSPS) is 18.2. The van der Waals surface area contributed by atoms with Crippen LogP contribution in [0.25, 0.3) is 0 Å². The van der Waals surface area contributed by atoms with Gasteiger partial charge in [-0.2, -0.15) is 4.31 Å². The summed E-state index contributed by atoms with van der Waals surface area (Å²) < 4.78 is 39.8. The van der Waals surface area contributed by atoms with E-state index in [1.165, 1.54) is 16.4 Å². The molecule has 1 fully saturated rings.